The molecule has 0 aliphatic carbocycles. The summed E-state index contributed by atoms with van der Waals surface area (Å²) in [4.78, 5) is 26.3. The molecule has 2 amide bonds. The number of carbonyl (C=O) groups is 2. The Hall–Kier alpha value is -2.93. The zero-order valence-corrected chi connectivity index (χ0v) is 17.8. The van der Waals surface area contributed by atoms with E-state index >= 15 is 0 Å². The van der Waals surface area contributed by atoms with Crippen LogP contribution < -0.4 is 15.4 Å². The smallest absolute Gasteiger partial charge is 0.251 e. The number of benzene rings is 2. The highest BCUT2D eigenvalue weighted by molar-refractivity contribution is 5.96. The van der Waals surface area contributed by atoms with Crippen LogP contribution in [0.5, 0.6) is 5.75 Å². The van der Waals surface area contributed by atoms with Gasteiger partial charge in [-0.1, -0.05) is 25.5 Å². The fourth-order valence-corrected chi connectivity index (χ4v) is 2.88. The number of hydrogen-bond donors (Lipinski definition) is 2. The zero-order chi connectivity index (χ0) is 21.9. The number of likely N-dealkylation sites (N-methyl/N-ethyl adjacent to an activating group) is 1. The lowest BCUT2D eigenvalue weighted by Gasteiger charge is -2.25. The summed E-state index contributed by atoms with van der Waals surface area (Å²) in [5.41, 5.74) is 1.22. The van der Waals surface area contributed by atoms with Crippen LogP contribution in [-0.2, 0) is 4.79 Å². The number of nitrogens with zero attached hydrogens (tertiary/aromatic N) is 1. The highest BCUT2D eigenvalue weighted by Gasteiger charge is 2.16. The van der Waals surface area contributed by atoms with E-state index in [1.807, 2.05) is 25.1 Å². The van der Waals surface area contributed by atoms with Gasteiger partial charge >= 0.3 is 0 Å². The summed E-state index contributed by atoms with van der Waals surface area (Å²) >= 11 is 0. The lowest BCUT2D eigenvalue weighted by molar-refractivity contribution is -0.120. The molecule has 0 heterocycles. The molecule has 0 aromatic heterocycles. The van der Waals surface area contributed by atoms with Crippen molar-refractivity contribution in [2.24, 2.45) is 0 Å². The highest BCUT2D eigenvalue weighted by Crippen LogP contribution is 2.18. The second kappa shape index (κ2) is 11.9. The van der Waals surface area contributed by atoms with Crippen molar-refractivity contribution in [1.29, 1.82) is 0 Å². The van der Waals surface area contributed by atoms with Crippen molar-refractivity contribution >= 4 is 11.8 Å². The summed E-state index contributed by atoms with van der Waals surface area (Å²) in [6, 6.07) is 12.9. The molecular weight excluding hydrogens is 385 g/mol. The summed E-state index contributed by atoms with van der Waals surface area (Å²) < 4.78 is 19.1. The first-order chi connectivity index (χ1) is 14.4. The van der Waals surface area contributed by atoms with E-state index < -0.39 is 0 Å². The van der Waals surface area contributed by atoms with Crippen LogP contribution in [0.4, 0.5) is 4.39 Å². The monoisotopic (exact) mass is 415 g/mol. The SMILES string of the molecule is CCCCOc1ccc(C(=O)NCC(=O)NCC(c2cccc(F)c2)N(C)C)cc1. The summed E-state index contributed by atoms with van der Waals surface area (Å²) in [7, 11) is 3.72. The number of rotatable bonds is 11. The van der Waals surface area contributed by atoms with Crippen molar-refractivity contribution in [2.45, 2.75) is 25.8 Å². The molecule has 2 rings (SSSR count). The first kappa shape index (κ1) is 23.3. The summed E-state index contributed by atoms with van der Waals surface area (Å²) in [6.45, 7) is 2.90. The van der Waals surface area contributed by atoms with E-state index in [0.717, 1.165) is 18.4 Å². The van der Waals surface area contributed by atoms with Crippen LogP contribution in [0, 0.1) is 5.82 Å². The van der Waals surface area contributed by atoms with E-state index in [9.17, 15) is 14.0 Å². The van der Waals surface area contributed by atoms with Gasteiger partial charge in [-0.2, -0.15) is 0 Å². The molecule has 30 heavy (non-hydrogen) atoms. The molecular formula is C23H30FN3O3. The molecule has 0 aliphatic heterocycles. The number of halogens is 1. The quantitative estimate of drug-likeness (QED) is 0.553. The van der Waals surface area contributed by atoms with Gasteiger partial charge in [0.2, 0.25) is 5.91 Å². The van der Waals surface area contributed by atoms with E-state index in [0.29, 0.717) is 24.5 Å². The van der Waals surface area contributed by atoms with E-state index in [-0.39, 0.29) is 30.2 Å². The van der Waals surface area contributed by atoms with Crippen molar-refractivity contribution < 1.29 is 18.7 Å². The molecule has 0 saturated heterocycles. The molecule has 2 N–H and O–H groups in total. The molecule has 0 spiro atoms. The van der Waals surface area contributed by atoms with E-state index in [4.69, 9.17) is 4.74 Å². The number of hydrogen-bond acceptors (Lipinski definition) is 4. The van der Waals surface area contributed by atoms with Crippen LogP contribution in [0.2, 0.25) is 0 Å². The average molecular weight is 416 g/mol. The van der Waals surface area contributed by atoms with Gasteiger partial charge in [0.25, 0.3) is 5.91 Å². The van der Waals surface area contributed by atoms with Gasteiger partial charge in [0, 0.05) is 12.1 Å². The molecule has 2 aromatic carbocycles. The molecule has 162 valence electrons. The minimum Gasteiger partial charge on any atom is -0.494 e. The van der Waals surface area contributed by atoms with Crippen molar-refractivity contribution in [2.75, 3.05) is 33.8 Å². The van der Waals surface area contributed by atoms with E-state index in [2.05, 4.69) is 17.6 Å². The third-order valence-corrected chi connectivity index (χ3v) is 4.64. The van der Waals surface area contributed by atoms with Gasteiger partial charge < -0.3 is 20.3 Å². The minimum atomic E-state index is -0.334. The molecule has 0 bridgehead atoms. The summed E-state index contributed by atoms with van der Waals surface area (Å²) in [5, 5.41) is 5.40. The predicted octanol–water partition coefficient (Wildman–Crippen LogP) is 3.15. The Morgan fingerprint density at radius 3 is 2.47 bits per heavy atom. The maximum atomic E-state index is 13.5. The van der Waals surface area contributed by atoms with E-state index in [1.165, 1.54) is 12.1 Å². The van der Waals surface area contributed by atoms with Crippen molar-refractivity contribution in [3.8, 4) is 5.75 Å². The van der Waals surface area contributed by atoms with Crippen molar-refractivity contribution in [3.05, 3.63) is 65.5 Å². The number of nitrogens with one attached hydrogen (secondary N) is 2. The maximum Gasteiger partial charge on any atom is 0.251 e. The third kappa shape index (κ3) is 7.48. The molecule has 6 nitrogen and oxygen atoms in total. The highest BCUT2D eigenvalue weighted by atomic mass is 19.1. The molecule has 1 unspecified atom stereocenters. The Labute approximate surface area is 177 Å². The topological polar surface area (TPSA) is 70.7 Å². The number of unbranched alkanes of at least 4 members (excludes halogenated alkanes) is 1. The summed E-state index contributed by atoms with van der Waals surface area (Å²) in [5.74, 6) is -0.254. The van der Waals surface area contributed by atoms with Gasteiger partial charge in [-0.15, -0.1) is 0 Å². The van der Waals surface area contributed by atoms with Gasteiger partial charge in [-0.25, -0.2) is 4.39 Å². The first-order valence-corrected chi connectivity index (χ1v) is 10.1. The predicted molar refractivity (Wildman–Crippen MR) is 115 cm³/mol. The van der Waals surface area contributed by atoms with Crippen molar-refractivity contribution in [1.82, 2.24) is 15.5 Å². The number of amides is 2. The molecule has 0 saturated carbocycles. The zero-order valence-electron chi connectivity index (χ0n) is 17.8. The van der Waals surface area contributed by atoms with Crippen LogP contribution in [0.3, 0.4) is 0 Å². The fourth-order valence-electron chi connectivity index (χ4n) is 2.88. The lowest BCUT2D eigenvalue weighted by atomic mass is 10.1. The standard InChI is InChI=1S/C23H30FN3O3/c1-4-5-13-30-20-11-9-17(10-12-20)23(29)26-16-22(28)25-15-21(27(2)3)18-7-6-8-19(24)14-18/h6-12,14,21H,4-5,13,15-16H2,1-3H3,(H,25,28)(H,26,29). The van der Waals surface area contributed by atoms with Crippen molar-refractivity contribution in [3.63, 3.8) is 0 Å². The maximum absolute atomic E-state index is 13.5. The normalized spacial score (nSPS) is 11.8. The Bertz CT molecular complexity index is 825. The Balaban J connectivity index is 1.81. The molecule has 0 aliphatic rings. The van der Waals surface area contributed by atoms with Crippen LogP contribution in [0.15, 0.2) is 48.5 Å². The van der Waals surface area contributed by atoms with Crippen LogP contribution in [0.1, 0.15) is 41.7 Å². The first-order valence-electron chi connectivity index (χ1n) is 10.1. The van der Waals surface area contributed by atoms with Gasteiger partial charge in [0.05, 0.1) is 19.2 Å². The average Bonchev–Trinajstić information content (AvgIpc) is 2.72. The Kier molecular flexibility index (Phi) is 9.28. The van der Waals surface area contributed by atoms with Gasteiger partial charge in [0.15, 0.2) is 0 Å². The third-order valence-electron chi connectivity index (χ3n) is 4.64. The van der Waals surface area contributed by atoms with Gasteiger partial charge in [-0.05, 0) is 62.5 Å². The van der Waals surface area contributed by atoms with Crippen LogP contribution in [0.25, 0.3) is 0 Å². The molecule has 0 fully saturated rings. The molecule has 0 radical (unpaired) electrons. The molecule has 2 aromatic rings. The van der Waals surface area contributed by atoms with Crippen LogP contribution in [-0.4, -0.2) is 50.5 Å². The second-order valence-corrected chi connectivity index (χ2v) is 7.25. The lowest BCUT2D eigenvalue weighted by Crippen LogP contribution is -2.40. The molecule has 1 atom stereocenters. The van der Waals surface area contributed by atoms with Gasteiger partial charge in [-0.3, -0.25) is 9.59 Å². The number of carbonyl (C=O) groups excluding carboxylic acids is 2. The Morgan fingerprint density at radius 1 is 1.10 bits per heavy atom. The number of ether oxygens (including phenoxy) is 1. The van der Waals surface area contributed by atoms with E-state index in [1.54, 1.807) is 30.3 Å². The van der Waals surface area contributed by atoms with Gasteiger partial charge in [0.1, 0.15) is 11.6 Å². The molecule has 7 heteroatoms. The minimum absolute atomic E-state index is 0.142. The van der Waals surface area contributed by atoms with Crippen LogP contribution >= 0.6 is 0 Å². The fraction of sp³-hybridized carbons (Fsp3) is 0.391. The largest absolute Gasteiger partial charge is 0.494 e. The second-order valence-electron chi connectivity index (χ2n) is 7.25. The summed E-state index contributed by atoms with van der Waals surface area (Å²) in [6.07, 6.45) is 2.03. The Morgan fingerprint density at radius 2 is 1.83 bits per heavy atom.